The molecule has 3 rings (SSSR count). The molecular formula is C26H34BrClN2O2. The molecule has 2 aromatic heterocycles. The van der Waals surface area contributed by atoms with Gasteiger partial charge in [-0.2, -0.15) is 4.57 Å². The first-order valence-corrected chi connectivity index (χ1v) is 11.5. The van der Waals surface area contributed by atoms with Crippen molar-refractivity contribution in [3.8, 4) is 0 Å². The molecule has 0 fully saturated rings. The molecule has 4 nitrogen and oxygen atoms in total. The third-order valence-corrected chi connectivity index (χ3v) is 5.72. The Kier molecular flexibility index (Phi) is 9.35. The first-order valence-electron chi connectivity index (χ1n) is 11.2. The van der Waals surface area contributed by atoms with Crippen LogP contribution in [0.2, 0.25) is 5.02 Å². The Hall–Kier alpha value is -1.85. The second-order valence-electron chi connectivity index (χ2n) is 9.61. The molecule has 1 unspecified atom stereocenters. The van der Waals surface area contributed by atoms with Crippen molar-refractivity contribution in [2.24, 2.45) is 5.92 Å². The van der Waals surface area contributed by atoms with Gasteiger partial charge in [-0.3, -0.25) is 4.57 Å². The van der Waals surface area contributed by atoms with E-state index in [9.17, 15) is 4.79 Å². The summed E-state index contributed by atoms with van der Waals surface area (Å²) in [6, 6.07) is 12.2. The normalized spacial score (nSPS) is 12.6. The van der Waals surface area contributed by atoms with Crippen LogP contribution in [0.25, 0.3) is 10.9 Å². The summed E-state index contributed by atoms with van der Waals surface area (Å²) in [6.07, 6.45) is 10.1. The highest BCUT2D eigenvalue weighted by atomic mass is 79.9. The fourth-order valence-electron chi connectivity index (χ4n) is 3.87. The van der Waals surface area contributed by atoms with Gasteiger partial charge >= 0.3 is 6.09 Å². The van der Waals surface area contributed by atoms with E-state index in [0.29, 0.717) is 0 Å². The minimum Gasteiger partial charge on any atom is -1.00 e. The first kappa shape index (κ1) is 26.4. The minimum atomic E-state index is -0.534. The van der Waals surface area contributed by atoms with Crippen LogP contribution in [0.3, 0.4) is 0 Å². The molecule has 0 saturated heterocycles. The number of hydrogen-bond donors (Lipinski definition) is 0. The Morgan fingerprint density at radius 2 is 1.78 bits per heavy atom. The molecule has 6 heteroatoms. The number of aromatic nitrogens is 2. The summed E-state index contributed by atoms with van der Waals surface area (Å²) < 4.78 is 9.33. The summed E-state index contributed by atoms with van der Waals surface area (Å²) >= 11 is 6.58. The molecule has 0 aliphatic carbocycles. The molecule has 0 spiro atoms. The average Bonchev–Trinajstić information content (AvgIpc) is 3.11. The molecular weight excluding hydrogens is 488 g/mol. The van der Waals surface area contributed by atoms with Crippen LogP contribution in [0.15, 0.2) is 55.0 Å². The van der Waals surface area contributed by atoms with Gasteiger partial charge in [0.15, 0.2) is 18.4 Å². The molecule has 174 valence electrons. The maximum atomic E-state index is 12.6. The Morgan fingerprint density at radius 1 is 1.09 bits per heavy atom. The third-order valence-electron chi connectivity index (χ3n) is 5.37. The highest BCUT2D eigenvalue weighted by Gasteiger charge is 2.25. The topological polar surface area (TPSA) is 35.1 Å². The Balaban J connectivity index is 0.00000363. The largest absolute Gasteiger partial charge is 1.00 e. The van der Waals surface area contributed by atoms with Gasteiger partial charge in [-0.05, 0) is 45.2 Å². The van der Waals surface area contributed by atoms with Crippen molar-refractivity contribution in [2.75, 3.05) is 0 Å². The molecule has 1 atom stereocenters. The highest BCUT2D eigenvalue weighted by molar-refractivity contribution is 6.31. The van der Waals surface area contributed by atoms with E-state index in [1.807, 2.05) is 57.3 Å². The molecule has 0 saturated carbocycles. The number of nitrogens with zero attached hydrogens (tertiary/aromatic N) is 2. The van der Waals surface area contributed by atoms with Gasteiger partial charge in [0, 0.05) is 24.2 Å². The maximum Gasteiger partial charge on any atom is 0.418 e. The number of carbonyl (C=O) groups excluding carboxylic acids is 1. The van der Waals surface area contributed by atoms with E-state index in [0.717, 1.165) is 40.2 Å². The summed E-state index contributed by atoms with van der Waals surface area (Å²) in [7, 11) is 0. The Labute approximate surface area is 207 Å². The fraction of sp³-hybridized carbons (Fsp3) is 0.462. The molecule has 1 aromatic carbocycles. The SMILES string of the molecule is CC(C)CCCCC(c1ccccc1Cl)[n+]1ccc2c(ccn2C(=O)OC(C)(C)C)c1.[Br-]. The van der Waals surface area contributed by atoms with Crippen LogP contribution in [-0.4, -0.2) is 16.3 Å². The first-order chi connectivity index (χ1) is 14.7. The minimum absolute atomic E-state index is 0. The van der Waals surface area contributed by atoms with E-state index in [1.165, 1.54) is 12.8 Å². The molecule has 0 bridgehead atoms. The van der Waals surface area contributed by atoms with Crippen LogP contribution in [0.5, 0.6) is 0 Å². The Bertz CT molecular complexity index is 1040. The Morgan fingerprint density at radius 3 is 2.44 bits per heavy atom. The van der Waals surface area contributed by atoms with Crippen molar-refractivity contribution >= 4 is 28.6 Å². The molecule has 0 aliphatic rings. The van der Waals surface area contributed by atoms with E-state index < -0.39 is 5.60 Å². The van der Waals surface area contributed by atoms with Gasteiger partial charge in [-0.25, -0.2) is 4.79 Å². The van der Waals surface area contributed by atoms with Crippen LogP contribution in [0.1, 0.15) is 71.9 Å². The van der Waals surface area contributed by atoms with E-state index >= 15 is 0 Å². The third kappa shape index (κ3) is 6.82. The van der Waals surface area contributed by atoms with Crippen molar-refractivity contribution < 1.29 is 31.1 Å². The predicted molar refractivity (Wildman–Crippen MR) is 127 cm³/mol. The number of hydrogen-bond acceptors (Lipinski definition) is 2. The van der Waals surface area contributed by atoms with Gasteiger partial charge in [-0.1, -0.05) is 56.5 Å². The molecule has 0 radical (unpaired) electrons. The van der Waals surface area contributed by atoms with E-state index in [-0.39, 0.29) is 29.1 Å². The number of halogens is 2. The van der Waals surface area contributed by atoms with Crippen molar-refractivity contribution in [2.45, 2.75) is 71.9 Å². The van der Waals surface area contributed by atoms with E-state index in [4.69, 9.17) is 16.3 Å². The predicted octanol–water partition coefficient (Wildman–Crippen LogP) is 4.18. The fourth-order valence-corrected chi connectivity index (χ4v) is 4.13. The number of ether oxygens (including phenoxy) is 1. The lowest BCUT2D eigenvalue weighted by Gasteiger charge is -2.19. The van der Waals surface area contributed by atoms with Crippen LogP contribution < -0.4 is 21.5 Å². The van der Waals surface area contributed by atoms with Crippen molar-refractivity contribution in [3.63, 3.8) is 0 Å². The lowest BCUT2D eigenvalue weighted by atomic mass is 9.98. The molecule has 0 aliphatic heterocycles. The van der Waals surface area contributed by atoms with Crippen LogP contribution in [-0.2, 0) is 4.74 Å². The van der Waals surface area contributed by atoms with Crippen molar-refractivity contribution in [1.82, 2.24) is 4.57 Å². The second kappa shape index (κ2) is 11.3. The summed E-state index contributed by atoms with van der Waals surface area (Å²) in [5.74, 6) is 0.718. The molecule has 0 amide bonds. The van der Waals surface area contributed by atoms with Gasteiger partial charge in [0.2, 0.25) is 0 Å². The molecule has 2 heterocycles. The second-order valence-corrected chi connectivity index (χ2v) is 10.0. The van der Waals surface area contributed by atoms with Crippen molar-refractivity contribution in [1.29, 1.82) is 0 Å². The lowest BCUT2D eigenvalue weighted by Crippen LogP contribution is -3.00. The van der Waals surface area contributed by atoms with Gasteiger partial charge in [0.25, 0.3) is 0 Å². The summed E-state index contributed by atoms with van der Waals surface area (Å²) in [5, 5.41) is 1.78. The number of carbonyl (C=O) groups is 1. The van der Waals surface area contributed by atoms with E-state index in [2.05, 4.69) is 30.7 Å². The number of fused-ring (bicyclic) bond motifs is 1. The number of unbranched alkanes of at least 4 members (excludes halogenated alkanes) is 1. The van der Waals surface area contributed by atoms with Crippen LogP contribution in [0, 0.1) is 5.92 Å². The summed E-state index contributed by atoms with van der Waals surface area (Å²) in [4.78, 5) is 12.6. The van der Waals surface area contributed by atoms with Gasteiger partial charge in [-0.15, -0.1) is 0 Å². The smallest absolute Gasteiger partial charge is 0.418 e. The highest BCUT2D eigenvalue weighted by Crippen LogP contribution is 2.28. The standard InChI is InChI=1S/C26H34ClN2O2.BrH/c1-19(2)10-6-9-13-24(21-11-7-8-12-22(21)27)28-16-15-23-20(18-28)14-17-29(23)25(30)31-26(3,4)5;/h7-8,11-12,14-19,24H,6,9-10,13H2,1-5H3;1H/q+1;/p-1. The number of rotatable bonds is 7. The summed E-state index contributed by atoms with van der Waals surface area (Å²) in [5.41, 5.74) is 1.43. The van der Waals surface area contributed by atoms with Crippen LogP contribution in [0.4, 0.5) is 4.79 Å². The van der Waals surface area contributed by atoms with Gasteiger partial charge in [0.1, 0.15) is 5.60 Å². The van der Waals surface area contributed by atoms with Crippen LogP contribution >= 0.6 is 11.6 Å². The molecule has 0 N–H and O–H groups in total. The zero-order valence-electron chi connectivity index (χ0n) is 19.6. The monoisotopic (exact) mass is 520 g/mol. The van der Waals surface area contributed by atoms with Gasteiger partial charge < -0.3 is 21.7 Å². The molecule has 3 aromatic rings. The van der Waals surface area contributed by atoms with E-state index in [1.54, 1.807) is 10.8 Å². The summed E-state index contributed by atoms with van der Waals surface area (Å²) in [6.45, 7) is 10.2. The van der Waals surface area contributed by atoms with Crippen molar-refractivity contribution in [3.05, 3.63) is 65.6 Å². The average molecular weight is 522 g/mol. The zero-order valence-corrected chi connectivity index (χ0v) is 22.0. The number of benzene rings is 1. The molecule has 32 heavy (non-hydrogen) atoms. The number of pyridine rings is 1. The maximum absolute atomic E-state index is 12.6. The quantitative estimate of drug-likeness (QED) is 0.345. The lowest BCUT2D eigenvalue weighted by molar-refractivity contribution is -0.713. The van der Waals surface area contributed by atoms with Gasteiger partial charge in [0.05, 0.1) is 15.9 Å². The zero-order chi connectivity index (χ0) is 22.6.